The predicted molar refractivity (Wildman–Crippen MR) is 84.4 cm³/mol. The van der Waals surface area contributed by atoms with E-state index in [1.165, 1.54) is 0 Å². The first-order valence-electron chi connectivity index (χ1n) is 8.05. The monoisotopic (exact) mass is 327 g/mol. The lowest BCUT2D eigenvalue weighted by Crippen LogP contribution is -2.54. The van der Waals surface area contributed by atoms with Crippen LogP contribution in [-0.2, 0) is 16.8 Å². The molecule has 7 heteroatoms. The highest BCUT2D eigenvalue weighted by Crippen LogP contribution is 2.21. The van der Waals surface area contributed by atoms with Crippen LogP contribution in [0.25, 0.3) is 0 Å². The van der Waals surface area contributed by atoms with Crippen LogP contribution in [0.15, 0.2) is 22.8 Å². The molecule has 2 saturated heterocycles. The molecule has 0 unspecified atom stereocenters. The summed E-state index contributed by atoms with van der Waals surface area (Å²) in [5.74, 6) is 1.39. The summed E-state index contributed by atoms with van der Waals surface area (Å²) >= 11 is 0. The van der Waals surface area contributed by atoms with Gasteiger partial charge in [-0.2, -0.15) is 17.0 Å². The lowest BCUT2D eigenvalue weighted by molar-refractivity contribution is 0.161. The zero-order valence-corrected chi connectivity index (χ0v) is 14.0. The standard InChI is InChI=1S/C15H25N3O3S/c1-14-4-2-6-18(12-14)22(19,20)17-9-7-16(8-10-17)13-15-5-3-11-21-15/h3,5,11,14H,2,4,6-10,12-13H2,1H3/t14-/m0/s1. The van der Waals surface area contributed by atoms with Gasteiger partial charge in [-0.15, -0.1) is 0 Å². The molecule has 0 spiro atoms. The lowest BCUT2D eigenvalue weighted by atomic mass is 10.0. The molecule has 124 valence electrons. The van der Waals surface area contributed by atoms with Crippen molar-refractivity contribution in [3.63, 3.8) is 0 Å². The van der Waals surface area contributed by atoms with Crippen molar-refractivity contribution in [2.45, 2.75) is 26.3 Å². The van der Waals surface area contributed by atoms with Crippen LogP contribution in [0.5, 0.6) is 0 Å². The maximum absolute atomic E-state index is 12.7. The second kappa shape index (κ2) is 6.70. The van der Waals surface area contributed by atoms with Gasteiger partial charge in [-0.05, 0) is 30.9 Å². The summed E-state index contributed by atoms with van der Waals surface area (Å²) in [5.41, 5.74) is 0. The normalized spacial score (nSPS) is 26.3. The van der Waals surface area contributed by atoms with Crippen molar-refractivity contribution < 1.29 is 12.8 Å². The predicted octanol–water partition coefficient (Wildman–Crippen LogP) is 1.37. The summed E-state index contributed by atoms with van der Waals surface area (Å²) in [6.07, 6.45) is 3.77. The van der Waals surface area contributed by atoms with E-state index >= 15 is 0 Å². The van der Waals surface area contributed by atoms with E-state index in [4.69, 9.17) is 4.42 Å². The molecule has 1 atom stereocenters. The number of hydrogen-bond acceptors (Lipinski definition) is 4. The lowest BCUT2D eigenvalue weighted by Gasteiger charge is -2.38. The van der Waals surface area contributed by atoms with Gasteiger partial charge in [-0.3, -0.25) is 4.90 Å². The van der Waals surface area contributed by atoms with E-state index in [1.807, 2.05) is 12.1 Å². The quantitative estimate of drug-likeness (QED) is 0.838. The summed E-state index contributed by atoms with van der Waals surface area (Å²) in [4.78, 5) is 2.24. The number of hydrogen-bond donors (Lipinski definition) is 0. The van der Waals surface area contributed by atoms with Crippen molar-refractivity contribution in [2.75, 3.05) is 39.3 Å². The number of piperidine rings is 1. The second-order valence-electron chi connectivity index (χ2n) is 6.37. The van der Waals surface area contributed by atoms with Crippen molar-refractivity contribution in [1.29, 1.82) is 0 Å². The van der Waals surface area contributed by atoms with Crippen molar-refractivity contribution in [2.24, 2.45) is 5.92 Å². The van der Waals surface area contributed by atoms with Gasteiger partial charge in [-0.25, -0.2) is 0 Å². The first-order chi connectivity index (χ1) is 10.6. The SMILES string of the molecule is C[C@H]1CCCN(S(=O)(=O)N2CCN(Cc3ccco3)CC2)C1. The largest absolute Gasteiger partial charge is 0.468 e. The Bertz CT molecular complexity index is 565. The zero-order chi connectivity index (χ0) is 15.6. The molecule has 6 nitrogen and oxygen atoms in total. The molecule has 0 saturated carbocycles. The molecule has 0 aromatic carbocycles. The fourth-order valence-electron chi connectivity index (χ4n) is 3.26. The van der Waals surface area contributed by atoms with Crippen LogP contribution in [0.2, 0.25) is 0 Å². The van der Waals surface area contributed by atoms with E-state index in [0.717, 1.165) is 38.2 Å². The number of piperazine rings is 1. The van der Waals surface area contributed by atoms with Crippen molar-refractivity contribution in [3.05, 3.63) is 24.2 Å². The molecule has 0 bridgehead atoms. The minimum Gasteiger partial charge on any atom is -0.468 e. The topological polar surface area (TPSA) is 57.0 Å². The van der Waals surface area contributed by atoms with Crippen molar-refractivity contribution in [1.82, 2.24) is 13.5 Å². The van der Waals surface area contributed by atoms with Crippen LogP contribution >= 0.6 is 0 Å². The molecule has 0 aliphatic carbocycles. The van der Waals surface area contributed by atoms with Gasteiger partial charge < -0.3 is 4.42 Å². The fraction of sp³-hybridized carbons (Fsp3) is 0.733. The molecule has 0 amide bonds. The summed E-state index contributed by atoms with van der Waals surface area (Å²) in [6, 6.07) is 3.84. The van der Waals surface area contributed by atoms with Gasteiger partial charge >= 0.3 is 0 Å². The van der Waals surface area contributed by atoms with E-state index < -0.39 is 10.2 Å². The van der Waals surface area contributed by atoms with Gasteiger partial charge in [0.05, 0.1) is 12.8 Å². The highest BCUT2D eigenvalue weighted by molar-refractivity contribution is 7.86. The average molecular weight is 327 g/mol. The molecule has 3 rings (SSSR count). The molecule has 1 aromatic rings. The molecule has 2 fully saturated rings. The van der Waals surface area contributed by atoms with Crippen LogP contribution in [-0.4, -0.2) is 61.2 Å². The van der Waals surface area contributed by atoms with Crippen molar-refractivity contribution >= 4 is 10.2 Å². The molecule has 3 heterocycles. The van der Waals surface area contributed by atoms with Gasteiger partial charge in [0.25, 0.3) is 10.2 Å². The molecular weight excluding hydrogens is 302 g/mol. The summed E-state index contributed by atoms with van der Waals surface area (Å²) in [7, 11) is -3.29. The van der Waals surface area contributed by atoms with Crippen molar-refractivity contribution in [3.8, 4) is 0 Å². The van der Waals surface area contributed by atoms with Crippen LogP contribution in [0.3, 0.4) is 0 Å². The van der Waals surface area contributed by atoms with Gasteiger partial charge in [0, 0.05) is 39.3 Å². The molecule has 0 radical (unpaired) electrons. The van der Waals surface area contributed by atoms with Gasteiger partial charge in [0.1, 0.15) is 5.76 Å². The molecule has 0 N–H and O–H groups in total. The molecule has 1 aromatic heterocycles. The zero-order valence-electron chi connectivity index (χ0n) is 13.1. The van der Waals surface area contributed by atoms with E-state index in [-0.39, 0.29) is 0 Å². The minimum atomic E-state index is -3.29. The van der Waals surface area contributed by atoms with Crippen LogP contribution in [0, 0.1) is 5.92 Å². The van der Waals surface area contributed by atoms with E-state index in [2.05, 4.69) is 11.8 Å². The Morgan fingerprint density at radius 1 is 1.18 bits per heavy atom. The highest BCUT2D eigenvalue weighted by atomic mass is 32.2. The van der Waals surface area contributed by atoms with Crippen LogP contribution in [0.1, 0.15) is 25.5 Å². The molecule has 22 heavy (non-hydrogen) atoms. The second-order valence-corrected chi connectivity index (χ2v) is 8.30. The maximum Gasteiger partial charge on any atom is 0.282 e. The van der Waals surface area contributed by atoms with Crippen LogP contribution in [0.4, 0.5) is 0 Å². The first kappa shape index (κ1) is 16.0. The Hall–Kier alpha value is -0.890. The number of furan rings is 1. The Morgan fingerprint density at radius 3 is 2.59 bits per heavy atom. The van der Waals surface area contributed by atoms with E-state index in [9.17, 15) is 8.42 Å². The summed E-state index contributed by atoms with van der Waals surface area (Å²) < 4.78 is 34.1. The number of rotatable bonds is 4. The third-order valence-corrected chi connectivity index (χ3v) is 6.57. The maximum atomic E-state index is 12.7. The van der Waals surface area contributed by atoms with Gasteiger partial charge in [0.2, 0.25) is 0 Å². The third kappa shape index (κ3) is 3.53. The Kier molecular flexibility index (Phi) is 4.87. The van der Waals surface area contributed by atoms with Gasteiger partial charge in [0.15, 0.2) is 0 Å². The highest BCUT2D eigenvalue weighted by Gasteiger charge is 2.34. The minimum absolute atomic E-state index is 0.462. The average Bonchev–Trinajstić information content (AvgIpc) is 3.01. The van der Waals surface area contributed by atoms with E-state index in [1.54, 1.807) is 14.9 Å². The van der Waals surface area contributed by atoms with Crippen LogP contribution < -0.4 is 0 Å². The Balaban J connectivity index is 1.56. The summed E-state index contributed by atoms with van der Waals surface area (Å²) in [5, 5.41) is 0. The van der Waals surface area contributed by atoms with E-state index in [0.29, 0.717) is 32.1 Å². The molecular formula is C15H25N3O3S. The Morgan fingerprint density at radius 2 is 1.95 bits per heavy atom. The third-order valence-electron chi connectivity index (χ3n) is 4.56. The molecule has 2 aliphatic rings. The Labute approximate surface area is 132 Å². The van der Waals surface area contributed by atoms with Gasteiger partial charge in [-0.1, -0.05) is 6.92 Å². The first-order valence-corrected chi connectivity index (χ1v) is 9.45. The number of nitrogens with zero attached hydrogens (tertiary/aromatic N) is 3. The fourth-order valence-corrected chi connectivity index (χ4v) is 5.01. The smallest absolute Gasteiger partial charge is 0.282 e. The summed E-state index contributed by atoms with van der Waals surface area (Å²) in [6.45, 7) is 6.84. The molecule has 2 aliphatic heterocycles.